The van der Waals surface area contributed by atoms with Crippen molar-refractivity contribution in [3.05, 3.63) is 157 Å². The van der Waals surface area contributed by atoms with Crippen molar-refractivity contribution in [3.8, 4) is 0 Å². The molecule has 0 spiro atoms. The molecule has 5 rings (SSSR count). The largest absolute Gasteiger partial charge is 0.376 e. The average molecular weight is 519 g/mol. The highest BCUT2D eigenvalue weighted by Gasteiger charge is 2.29. The van der Waals surface area contributed by atoms with E-state index in [0.717, 1.165) is 12.8 Å². The van der Waals surface area contributed by atoms with Gasteiger partial charge in [0.2, 0.25) is 0 Å². The highest BCUT2D eigenvalue weighted by molar-refractivity contribution is 7.77. The summed E-state index contributed by atoms with van der Waals surface area (Å²) in [7, 11) is -1.15. The molecule has 1 unspecified atom stereocenters. The first-order valence-corrected chi connectivity index (χ1v) is 15.7. The Hall–Kier alpha value is -3.08. The van der Waals surface area contributed by atoms with Crippen LogP contribution in [0.3, 0.4) is 0 Å². The van der Waals surface area contributed by atoms with Crippen molar-refractivity contribution in [1.82, 2.24) is 0 Å². The summed E-state index contributed by atoms with van der Waals surface area (Å²) >= 11 is 0. The smallest absolute Gasteiger partial charge is 0.0717 e. The predicted octanol–water partition coefficient (Wildman–Crippen LogP) is 6.84. The molecule has 0 aliphatic carbocycles. The fourth-order valence-corrected chi connectivity index (χ4v) is 10.5. The topological polar surface area (TPSA) is 9.23 Å². The van der Waals surface area contributed by atoms with Gasteiger partial charge in [-0.2, -0.15) is 0 Å². The van der Waals surface area contributed by atoms with Gasteiger partial charge in [-0.05, 0) is 48.8 Å². The van der Waals surface area contributed by atoms with Gasteiger partial charge in [0.05, 0.1) is 13.2 Å². The second-order valence-electron chi connectivity index (χ2n) is 8.98. The average Bonchev–Trinajstić information content (AvgIpc) is 2.98. The van der Waals surface area contributed by atoms with E-state index in [9.17, 15) is 0 Å². The van der Waals surface area contributed by atoms with E-state index in [2.05, 4.69) is 152 Å². The van der Waals surface area contributed by atoms with Crippen molar-refractivity contribution in [1.29, 1.82) is 0 Å². The van der Waals surface area contributed by atoms with Gasteiger partial charge in [0, 0.05) is 5.66 Å². The van der Waals surface area contributed by atoms with E-state index in [-0.39, 0.29) is 0 Å². The van der Waals surface area contributed by atoms with Gasteiger partial charge in [-0.1, -0.05) is 152 Å². The zero-order chi connectivity index (χ0) is 25.1. The molecule has 0 aliphatic heterocycles. The van der Waals surface area contributed by atoms with Gasteiger partial charge in [0.1, 0.15) is 0 Å². The van der Waals surface area contributed by atoms with Crippen LogP contribution in [0.5, 0.6) is 0 Å². The Morgan fingerprint density at radius 3 is 1.27 bits per heavy atom. The van der Waals surface area contributed by atoms with Crippen molar-refractivity contribution in [2.75, 3.05) is 12.8 Å². The quantitative estimate of drug-likeness (QED) is 0.174. The Morgan fingerprint density at radius 1 is 0.459 bits per heavy atom. The third kappa shape index (κ3) is 7.03. The van der Waals surface area contributed by atoms with Crippen molar-refractivity contribution in [2.24, 2.45) is 0 Å². The number of hydrogen-bond acceptors (Lipinski definition) is 1. The lowest BCUT2D eigenvalue weighted by molar-refractivity contribution is 0.124. The molecule has 0 aromatic heterocycles. The molecule has 5 aromatic carbocycles. The van der Waals surface area contributed by atoms with Gasteiger partial charge >= 0.3 is 0 Å². The van der Waals surface area contributed by atoms with Crippen LogP contribution in [0.1, 0.15) is 5.56 Å². The monoisotopic (exact) mass is 518 g/mol. The van der Waals surface area contributed by atoms with E-state index in [1.807, 2.05) is 0 Å². The molecular weight excluding hydrogens is 486 g/mol. The molecule has 0 radical (unpaired) electrons. The molecular formula is C34H32OP2. The summed E-state index contributed by atoms with van der Waals surface area (Å²) in [4.78, 5) is 0. The summed E-state index contributed by atoms with van der Waals surface area (Å²) in [6, 6.07) is 54.8. The zero-order valence-electron chi connectivity index (χ0n) is 20.9. The van der Waals surface area contributed by atoms with Crippen LogP contribution in [0.25, 0.3) is 0 Å². The molecule has 0 fully saturated rings. The lowest BCUT2D eigenvalue weighted by atomic mass is 10.2. The molecule has 1 atom stereocenters. The van der Waals surface area contributed by atoms with Crippen LogP contribution in [0, 0.1) is 0 Å². The molecule has 0 amide bonds. The van der Waals surface area contributed by atoms with Crippen LogP contribution in [-0.2, 0) is 11.3 Å². The molecule has 0 bridgehead atoms. The molecule has 0 saturated heterocycles. The second kappa shape index (κ2) is 13.5. The van der Waals surface area contributed by atoms with Gasteiger partial charge in [-0.25, -0.2) is 0 Å². The number of rotatable bonds is 11. The van der Waals surface area contributed by atoms with Crippen LogP contribution in [0.15, 0.2) is 152 Å². The third-order valence-electron chi connectivity index (χ3n) is 6.38. The summed E-state index contributed by atoms with van der Waals surface area (Å²) < 4.78 is 6.51. The highest BCUT2D eigenvalue weighted by atomic mass is 31.1. The standard InChI is InChI=1S/C34H32OP2/c1-6-16-29(17-7-1)26-35-27-34(37(32-22-12-4-13-23-32)33-24-14-5-15-25-33)28-36(30-18-8-2-9-19-30)31-20-10-3-11-21-31/h1-25,34H,26-28H2. The summed E-state index contributed by atoms with van der Waals surface area (Å²) in [5.41, 5.74) is 1.59. The lowest BCUT2D eigenvalue weighted by Crippen LogP contribution is -2.31. The predicted molar refractivity (Wildman–Crippen MR) is 163 cm³/mol. The molecule has 0 N–H and O–H groups in total. The Bertz CT molecular complexity index is 1230. The van der Waals surface area contributed by atoms with E-state index < -0.39 is 15.8 Å². The van der Waals surface area contributed by atoms with Crippen LogP contribution >= 0.6 is 15.8 Å². The Balaban J connectivity index is 1.52. The van der Waals surface area contributed by atoms with Gasteiger partial charge in [0.15, 0.2) is 0 Å². The maximum atomic E-state index is 6.51. The Kier molecular flexibility index (Phi) is 9.30. The minimum absolute atomic E-state index is 0.370. The second-order valence-corrected chi connectivity index (χ2v) is 13.7. The molecule has 1 nitrogen and oxygen atoms in total. The van der Waals surface area contributed by atoms with Crippen molar-refractivity contribution in [2.45, 2.75) is 12.3 Å². The van der Waals surface area contributed by atoms with E-state index in [1.165, 1.54) is 26.8 Å². The van der Waals surface area contributed by atoms with Crippen molar-refractivity contribution in [3.63, 3.8) is 0 Å². The van der Waals surface area contributed by atoms with Gasteiger partial charge in [-0.15, -0.1) is 0 Å². The molecule has 0 saturated carbocycles. The Labute approximate surface area is 223 Å². The van der Waals surface area contributed by atoms with Crippen molar-refractivity contribution >= 4 is 37.1 Å². The highest BCUT2D eigenvalue weighted by Crippen LogP contribution is 2.46. The number of benzene rings is 5. The fourth-order valence-electron chi connectivity index (χ4n) is 4.63. The summed E-state index contributed by atoms with van der Waals surface area (Å²) in [6.07, 6.45) is 1.08. The first-order valence-electron chi connectivity index (χ1n) is 12.8. The minimum Gasteiger partial charge on any atom is -0.376 e. The molecule has 184 valence electrons. The Morgan fingerprint density at radius 2 is 0.838 bits per heavy atom. The van der Waals surface area contributed by atoms with Crippen LogP contribution < -0.4 is 21.2 Å². The molecule has 0 aliphatic rings. The molecule has 3 heteroatoms. The maximum absolute atomic E-state index is 6.51. The number of hydrogen-bond donors (Lipinski definition) is 0. The van der Waals surface area contributed by atoms with E-state index in [4.69, 9.17) is 4.74 Å². The first kappa shape index (κ1) is 25.6. The summed E-state index contributed by atoms with van der Waals surface area (Å²) in [6.45, 7) is 1.36. The SMILES string of the molecule is c1ccc(COCC(CP(c2ccccc2)c2ccccc2)P(c2ccccc2)c2ccccc2)cc1. The van der Waals surface area contributed by atoms with Gasteiger partial charge < -0.3 is 4.74 Å². The molecule has 0 heterocycles. The van der Waals surface area contributed by atoms with E-state index in [1.54, 1.807) is 0 Å². The van der Waals surface area contributed by atoms with E-state index in [0.29, 0.717) is 12.3 Å². The normalized spacial score (nSPS) is 12.1. The van der Waals surface area contributed by atoms with Gasteiger partial charge in [-0.3, -0.25) is 0 Å². The molecule has 37 heavy (non-hydrogen) atoms. The van der Waals surface area contributed by atoms with Gasteiger partial charge in [0.25, 0.3) is 0 Å². The lowest BCUT2D eigenvalue weighted by Gasteiger charge is -2.32. The zero-order valence-corrected chi connectivity index (χ0v) is 22.7. The van der Waals surface area contributed by atoms with E-state index >= 15 is 0 Å². The summed E-state index contributed by atoms with van der Waals surface area (Å²) in [5, 5.41) is 5.67. The van der Waals surface area contributed by atoms with Crippen LogP contribution in [0.4, 0.5) is 0 Å². The molecule has 5 aromatic rings. The van der Waals surface area contributed by atoms with Crippen LogP contribution in [0.2, 0.25) is 0 Å². The number of ether oxygens (including phenoxy) is 1. The first-order chi connectivity index (χ1) is 18.4. The fraction of sp³-hybridized carbons (Fsp3) is 0.118. The van der Waals surface area contributed by atoms with Crippen LogP contribution in [-0.4, -0.2) is 18.4 Å². The summed E-state index contributed by atoms with van der Waals surface area (Å²) in [5.74, 6) is 0. The maximum Gasteiger partial charge on any atom is 0.0717 e. The third-order valence-corrected chi connectivity index (χ3v) is 12.1. The van der Waals surface area contributed by atoms with Crippen molar-refractivity contribution < 1.29 is 4.74 Å². The minimum atomic E-state index is -0.617.